The molecule has 130 valence electrons. The first-order valence-electron chi connectivity index (χ1n) is 8.00. The third-order valence-corrected chi connectivity index (χ3v) is 5.54. The number of amides is 1. The van der Waals surface area contributed by atoms with E-state index in [-0.39, 0.29) is 18.9 Å². The van der Waals surface area contributed by atoms with Crippen LogP contribution in [0.25, 0.3) is 0 Å². The smallest absolute Gasteiger partial charge is 0.241 e. The van der Waals surface area contributed by atoms with Crippen molar-refractivity contribution < 1.29 is 13.2 Å². The Bertz CT molecular complexity index is 631. The Morgan fingerprint density at radius 2 is 1.74 bits per heavy atom. The van der Waals surface area contributed by atoms with Gasteiger partial charge in [-0.25, -0.2) is 13.1 Å². The molecule has 0 aliphatic heterocycles. The zero-order chi connectivity index (χ0) is 17.6. The van der Waals surface area contributed by atoms with Gasteiger partial charge in [-0.05, 0) is 38.3 Å². The predicted octanol–water partition coefficient (Wildman–Crippen LogP) is 2.54. The Morgan fingerprint density at radius 1 is 1.17 bits per heavy atom. The van der Waals surface area contributed by atoms with Crippen molar-refractivity contribution in [2.45, 2.75) is 51.9 Å². The number of rotatable bonds is 8. The average Bonchev–Trinajstić information content (AvgIpc) is 2.42. The van der Waals surface area contributed by atoms with Crippen molar-refractivity contribution >= 4 is 15.9 Å². The summed E-state index contributed by atoms with van der Waals surface area (Å²) in [6.07, 6.45) is 2.15. The normalized spacial score (nSPS) is 11.5. The minimum absolute atomic E-state index is 0.0431. The molecule has 0 bridgehead atoms. The van der Waals surface area contributed by atoms with Crippen molar-refractivity contribution in [3.8, 4) is 0 Å². The van der Waals surface area contributed by atoms with Crippen molar-refractivity contribution in [3.63, 3.8) is 0 Å². The molecule has 0 atom stereocenters. The molecule has 0 saturated carbocycles. The number of carbonyl (C=O) groups is 1. The summed E-state index contributed by atoms with van der Waals surface area (Å²) >= 11 is 0. The van der Waals surface area contributed by atoms with Gasteiger partial charge in [0.05, 0.1) is 4.90 Å². The number of carbonyl (C=O) groups excluding carboxylic acids is 1. The van der Waals surface area contributed by atoms with Gasteiger partial charge in [0.25, 0.3) is 0 Å². The molecule has 1 aromatic rings. The standard InChI is InChI=1S/C17H28N2O3S/c1-6-7-10-19(5)16(20)8-9-18-23(21,22)17-14(3)11-13(2)12-15(17)4/h11-12,18H,6-10H2,1-5H3. The summed E-state index contributed by atoms with van der Waals surface area (Å²) in [6.45, 7) is 8.41. The van der Waals surface area contributed by atoms with Gasteiger partial charge in [-0.15, -0.1) is 0 Å². The van der Waals surface area contributed by atoms with Crippen molar-refractivity contribution in [2.75, 3.05) is 20.1 Å². The van der Waals surface area contributed by atoms with Gasteiger partial charge >= 0.3 is 0 Å². The number of nitrogens with zero attached hydrogens (tertiary/aromatic N) is 1. The van der Waals surface area contributed by atoms with Crippen LogP contribution in [0.15, 0.2) is 17.0 Å². The maximum atomic E-state index is 12.5. The van der Waals surface area contributed by atoms with E-state index < -0.39 is 10.0 Å². The molecule has 0 aliphatic carbocycles. The van der Waals surface area contributed by atoms with E-state index in [0.717, 1.165) is 29.5 Å². The number of unbranched alkanes of at least 4 members (excludes halogenated alkanes) is 1. The zero-order valence-corrected chi connectivity index (χ0v) is 15.6. The average molecular weight is 340 g/mol. The lowest BCUT2D eigenvalue weighted by Crippen LogP contribution is -2.33. The van der Waals surface area contributed by atoms with E-state index in [2.05, 4.69) is 11.6 Å². The van der Waals surface area contributed by atoms with Gasteiger partial charge in [-0.2, -0.15) is 0 Å². The van der Waals surface area contributed by atoms with Crippen molar-refractivity contribution in [2.24, 2.45) is 0 Å². The highest BCUT2D eigenvalue weighted by molar-refractivity contribution is 7.89. The van der Waals surface area contributed by atoms with Crippen LogP contribution in [0.2, 0.25) is 0 Å². The highest BCUT2D eigenvalue weighted by Crippen LogP contribution is 2.21. The quantitative estimate of drug-likeness (QED) is 0.791. The van der Waals surface area contributed by atoms with E-state index in [4.69, 9.17) is 0 Å². The first kappa shape index (κ1) is 19.6. The fourth-order valence-electron chi connectivity index (χ4n) is 2.67. The number of aryl methyl sites for hydroxylation is 3. The van der Waals surface area contributed by atoms with Crippen LogP contribution in [-0.4, -0.2) is 39.4 Å². The van der Waals surface area contributed by atoms with Crippen molar-refractivity contribution in [1.29, 1.82) is 0 Å². The van der Waals surface area contributed by atoms with Crippen molar-refractivity contribution in [1.82, 2.24) is 9.62 Å². The minimum Gasteiger partial charge on any atom is -0.346 e. The van der Waals surface area contributed by atoms with Gasteiger partial charge < -0.3 is 4.90 Å². The molecule has 0 spiro atoms. The summed E-state index contributed by atoms with van der Waals surface area (Å²) in [7, 11) is -1.85. The lowest BCUT2D eigenvalue weighted by molar-refractivity contribution is -0.129. The number of hydrogen-bond acceptors (Lipinski definition) is 3. The number of benzene rings is 1. The molecule has 1 aromatic carbocycles. The van der Waals surface area contributed by atoms with E-state index in [1.54, 1.807) is 25.8 Å². The van der Waals surface area contributed by atoms with Gasteiger partial charge in [-0.3, -0.25) is 4.79 Å². The Hall–Kier alpha value is -1.40. The minimum atomic E-state index is -3.60. The van der Waals surface area contributed by atoms with Gasteiger partial charge in [0.15, 0.2) is 0 Å². The number of nitrogens with one attached hydrogen (secondary N) is 1. The molecule has 0 aromatic heterocycles. The summed E-state index contributed by atoms with van der Waals surface area (Å²) in [5.74, 6) is -0.0431. The summed E-state index contributed by atoms with van der Waals surface area (Å²) in [4.78, 5) is 13.9. The van der Waals surface area contributed by atoms with E-state index in [1.807, 2.05) is 19.1 Å². The maximum absolute atomic E-state index is 12.5. The monoisotopic (exact) mass is 340 g/mol. The van der Waals surface area contributed by atoms with Crippen LogP contribution in [0.5, 0.6) is 0 Å². The van der Waals surface area contributed by atoms with Crippen LogP contribution in [0.1, 0.15) is 42.9 Å². The van der Waals surface area contributed by atoms with Gasteiger partial charge in [0.2, 0.25) is 15.9 Å². The van der Waals surface area contributed by atoms with E-state index in [0.29, 0.717) is 11.4 Å². The Morgan fingerprint density at radius 3 is 2.26 bits per heavy atom. The summed E-state index contributed by atoms with van der Waals surface area (Å²) < 4.78 is 27.5. The number of sulfonamides is 1. The van der Waals surface area contributed by atoms with E-state index in [9.17, 15) is 13.2 Å². The maximum Gasteiger partial charge on any atom is 0.241 e. The third-order valence-electron chi connectivity index (χ3n) is 3.78. The second kappa shape index (κ2) is 8.45. The Labute approximate surface area is 140 Å². The molecule has 0 saturated heterocycles. The van der Waals surface area contributed by atoms with Crippen LogP contribution >= 0.6 is 0 Å². The van der Waals surface area contributed by atoms with Crippen LogP contribution in [-0.2, 0) is 14.8 Å². The largest absolute Gasteiger partial charge is 0.346 e. The molecule has 5 nitrogen and oxygen atoms in total. The predicted molar refractivity (Wildman–Crippen MR) is 93.0 cm³/mol. The third kappa shape index (κ3) is 5.62. The lowest BCUT2D eigenvalue weighted by Gasteiger charge is -2.17. The Balaban J connectivity index is 2.69. The summed E-state index contributed by atoms with van der Waals surface area (Å²) in [5, 5.41) is 0. The van der Waals surface area contributed by atoms with Crippen molar-refractivity contribution in [3.05, 3.63) is 28.8 Å². The lowest BCUT2D eigenvalue weighted by atomic mass is 10.1. The highest BCUT2D eigenvalue weighted by atomic mass is 32.2. The molecule has 0 heterocycles. The first-order valence-corrected chi connectivity index (χ1v) is 9.48. The first-order chi connectivity index (χ1) is 10.7. The molecule has 1 amide bonds. The van der Waals surface area contributed by atoms with Gasteiger partial charge in [0.1, 0.15) is 0 Å². The van der Waals surface area contributed by atoms with Crippen LogP contribution < -0.4 is 4.72 Å². The SMILES string of the molecule is CCCCN(C)C(=O)CCNS(=O)(=O)c1c(C)cc(C)cc1C. The fraction of sp³-hybridized carbons (Fsp3) is 0.588. The van der Waals surface area contributed by atoms with Crippen LogP contribution in [0.4, 0.5) is 0 Å². The Kier molecular flexibility index (Phi) is 7.22. The molecule has 6 heteroatoms. The summed E-state index contributed by atoms with van der Waals surface area (Å²) in [5.41, 5.74) is 2.48. The second-order valence-corrected chi connectivity index (χ2v) is 7.75. The number of hydrogen-bond donors (Lipinski definition) is 1. The topological polar surface area (TPSA) is 66.5 Å². The van der Waals surface area contributed by atoms with Crippen LogP contribution in [0.3, 0.4) is 0 Å². The van der Waals surface area contributed by atoms with Gasteiger partial charge in [-0.1, -0.05) is 31.0 Å². The molecular weight excluding hydrogens is 312 g/mol. The molecule has 1 N–H and O–H groups in total. The van der Waals surface area contributed by atoms with Crippen LogP contribution in [0, 0.1) is 20.8 Å². The molecule has 0 aliphatic rings. The van der Waals surface area contributed by atoms with E-state index >= 15 is 0 Å². The molecule has 0 unspecified atom stereocenters. The van der Waals surface area contributed by atoms with Gasteiger partial charge in [0, 0.05) is 26.6 Å². The van der Waals surface area contributed by atoms with E-state index in [1.165, 1.54) is 0 Å². The second-order valence-electron chi connectivity index (χ2n) is 6.04. The molecular formula is C17H28N2O3S. The highest BCUT2D eigenvalue weighted by Gasteiger charge is 2.20. The molecule has 1 rings (SSSR count). The molecule has 0 radical (unpaired) electrons. The zero-order valence-electron chi connectivity index (χ0n) is 14.8. The fourth-order valence-corrected chi connectivity index (χ4v) is 4.15. The molecule has 23 heavy (non-hydrogen) atoms. The molecule has 0 fully saturated rings. The summed E-state index contributed by atoms with van der Waals surface area (Å²) in [6, 6.07) is 3.70.